The van der Waals surface area contributed by atoms with Crippen LogP contribution in [0.25, 0.3) is 0 Å². The number of benzene rings is 1. The number of nitrogens with one attached hydrogen (secondary N) is 2. The molecule has 1 aliphatic rings. The zero-order valence-electron chi connectivity index (χ0n) is 18.3. The molecule has 1 fully saturated rings. The van der Waals surface area contributed by atoms with Gasteiger partial charge < -0.3 is 5.32 Å². The molecule has 0 spiro atoms. The molecule has 2 aromatic heterocycles. The molecular weight excluding hydrogens is 448 g/mol. The van der Waals surface area contributed by atoms with E-state index < -0.39 is 0 Å². The standard InChI is InChI=1S/C24H28Cl2FN5/c1-3-18-12-16(9-10-32(18)14-17-5-4-6-20(26)24(17)27)13-21-19(25)7-8-22(28-21)29-23-11-15(2)30-31-23/h4-8,11,16,18H,3,9-10,12-14H2,1-2H3,(H2,28,29,30,31)/t16-,18-/m1/s1. The Balaban J connectivity index is 1.41. The topological polar surface area (TPSA) is 56.8 Å². The number of H-pyrrole nitrogens is 1. The number of nitrogens with zero attached hydrogens (tertiary/aromatic N) is 3. The van der Waals surface area contributed by atoms with Crippen molar-refractivity contribution in [3.05, 3.63) is 69.2 Å². The molecule has 2 atom stereocenters. The van der Waals surface area contributed by atoms with Gasteiger partial charge in [-0.1, -0.05) is 42.3 Å². The predicted octanol–water partition coefficient (Wildman–Crippen LogP) is 6.54. The van der Waals surface area contributed by atoms with E-state index in [0.29, 0.717) is 29.1 Å². The highest BCUT2D eigenvalue weighted by atomic mass is 35.5. The minimum atomic E-state index is -0.307. The van der Waals surface area contributed by atoms with Crippen molar-refractivity contribution in [2.75, 3.05) is 11.9 Å². The molecule has 0 aliphatic carbocycles. The number of pyridine rings is 1. The Kier molecular flexibility index (Phi) is 7.33. The van der Waals surface area contributed by atoms with Gasteiger partial charge in [0, 0.05) is 29.9 Å². The molecule has 0 bridgehead atoms. The summed E-state index contributed by atoms with van der Waals surface area (Å²) in [5.74, 6) is 1.64. The van der Waals surface area contributed by atoms with E-state index in [9.17, 15) is 4.39 Å². The van der Waals surface area contributed by atoms with Gasteiger partial charge in [0.25, 0.3) is 0 Å². The van der Waals surface area contributed by atoms with Crippen molar-refractivity contribution in [1.29, 1.82) is 0 Å². The van der Waals surface area contributed by atoms with Gasteiger partial charge in [-0.2, -0.15) is 5.10 Å². The van der Waals surface area contributed by atoms with Crippen LogP contribution in [-0.2, 0) is 13.0 Å². The summed E-state index contributed by atoms with van der Waals surface area (Å²) >= 11 is 12.5. The Hall–Kier alpha value is -2.15. The van der Waals surface area contributed by atoms with E-state index in [1.807, 2.05) is 37.3 Å². The highest BCUT2D eigenvalue weighted by Gasteiger charge is 2.29. The fraction of sp³-hybridized carbons (Fsp3) is 0.417. The van der Waals surface area contributed by atoms with E-state index >= 15 is 0 Å². The van der Waals surface area contributed by atoms with E-state index in [-0.39, 0.29) is 10.8 Å². The number of piperidine rings is 1. The molecule has 8 heteroatoms. The quantitative estimate of drug-likeness (QED) is 0.407. The molecule has 3 heterocycles. The lowest BCUT2D eigenvalue weighted by atomic mass is 9.86. The van der Waals surface area contributed by atoms with Crippen LogP contribution in [0.2, 0.25) is 10.0 Å². The van der Waals surface area contributed by atoms with Crippen LogP contribution in [-0.4, -0.2) is 32.7 Å². The summed E-state index contributed by atoms with van der Waals surface area (Å²) in [7, 11) is 0. The molecule has 0 amide bonds. The van der Waals surface area contributed by atoms with Gasteiger partial charge in [0.1, 0.15) is 11.6 Å². The van der Waals surface area contributed by atoms with Gasteiger partial charge in [-0.3, -0.25) is 10.00 Å². The molecule has 0 radical (unpaired) electrons. The summed E-state index contributed by atoms with van der Waals surface area (Å²) in [5, 5.41) is 11.2. The molecule has 1 saturated heterocycles. The average molecular weight is 476 g/mol. The first-order valence-electron chi connectivity index (χ1n) is 11.0. The van der Waals surface area contributed by atoms with Crippen molar-refractivity contribution in [3.63, 3.8) is 0 Å². The minimum absolute atomic E-state index is 0.185. The maximum absolute atomic E-state index is 14.4. The molecule has 0 saturated carbocycles. The molecular formula is C24H28Cl2FN5. The van der Waals surface area contributed by atoms with Crippen molar-refractivity contribution in [2.24, 2.45) is 5.92 Å². The predicted molar refractivity (Wildman–Crippen MR) is 128 cm³/mol. The second-order valence-corrected chi connectivity index (χ2v) is 9.34. The first-order chi connectivity index (χ1) is 15.4. The minimum Gasteiger partial charge on any atom is -0.323 e. The van der Waals surface area contributed by atoms with Gasteiger partial charge >= 0.3 is 0 Å². The average Bonchev–Trinajstić information content (AvgIpc) is 3.19. The summed E-state index contributed by atoms with van der Waals surface area (Å²) in [5.41, 5.74) is 2.54. The van der Waals surface area contributed by atoms with E-state index in [1.165, 1.54) is 0 Å². The molecule has 5 nitrogen and oxygen atoms in total. The Labute approximate surface area is 198 Å². The summed E-state index contributed by atoms with van der Waals surface area (Å²) in [6.07, 6.45) is 3.89. The lowest BCUT2D eigenvalue weighted by Gasteiger charge is -2.39. The number of anilines is 2. The lowest BCUT2D eigenvalue weighted by molar-refractivity contribution is 0.0996. The van der Waals surface area contributed by atoms with Crippen molar-refractivity contribution < 1.29 is 4.39 Å². The van der Waals surface area contributed by atoms with Gasteiger partial charge in [0.05, 0.1) is 15.7 Å². The highest BCUT2D eigenvalue weighted by Crippen LogP contribution is 2.31. The molecule has 4 rings (SSSR count). The third kappa shape index (κ3) is 5.42. The Morgan fingerprint density at radius 2 is 2.03 bits per heavy atom. The van der Waals surface area contributed by atoms with Crippen molar-refractivity contribution in [2.45, 2.75) is 52.1 Å². The lowest BCUT2D eigenvalue weighted by Crippen LogP contribution is -2.42. The third-order valence-electron chi connectivity index (χ3n) is 6.19. The molecule has 32 heavy (non-hydrogen) atoms. The maximum atomic E-state index is 14.4. The number of aryl methyl sites for hydroxylation is 1. The SMILES string of the molecule is CC[C@@H]1C[C@H](Cc2nc(Nc3cc(C)[nH]n3)ccc2Cl)CCN1Cc1cccc(Cl)c1F. The fourth-order valence-electron chi connectivity index (χ4n) is 4.47. The van der Waals surface area contributed by atoms with Crippen molar-refractivity contribution in [1.82, 2.24) is 20.1 Å². The van der Waals surface area contributed by atoms with Crippen molar-refractivity contribution in [3.8, 4) is 0 Å². The number of halogens is 3. The van der Waals surface area contributed by atoms with Gasteiger partial charge in [-0.05, 0) is 63.3 Å². The fourth-order valence-corrected chi connectivity index (χ4v) is 4.85. The summed E-state index contributed by atoms with van der Waals surface area (Å²) in [6, 6.07) is 11.3. The van der Waals surface area contributed by atoms with Crippen LogP contribution in [0, 0.1) is 18.7 Å². The van der Waals surface area contributed by atoms with Crippen LogP contribution in [0.3, 0.4) is 0 Å². The van der Waals surface area contributed by atoms with Gasteiger partial charge in [-0.25, -0.2) is 9.37 Å². The maximum Gasteiger partial charge on any atom is 0.153 e. The monoisotopic (exact) mass is 475 g/mol. The molecule has 170 valence electrons. The Morgan fingerprint density at radius 3 is 2.78 bits per heavy atom. The zero-order chi connectivity index (χ0) is 22.7. The van der Waals surface area contributed by atoms with Gasteiger partial charge in [-0.15, -0.1) is 0 Å². The molecule has 2 N–H and O–H groups in total. The first kappa shape index (κ1) is 23.0. The Morgan fingerprint density at radius 1 is 1.19 bits per heavy atom. The molecule has 3 aromatic rings. The smallest absolute Gasteiger partial charge is 0.153 e. The number of aromatic nitrogens is 3. The summed E-state index contributed by atoms with van der Waals surface area (Å²) < 4.78 is 14.4. The van der Waals surface area contributed by atoms with Gasteiger partial charge in [0.2, 0.25) is 0 Å². The number of likely N-dealkylation sites (tertiary alicyclic amines) is 1. The highest BCUT2D eigenvalue weighted by molar-refractivity contribution is 6.31. The van der Waals surface area contributed by atoms with E-state index in [4.69, 9.17) is 28.2 Å². The normalized spacial score (nSPS) is 19.3. The molecule has 0 unspecified atom stereocenters. The zero-order valence-corrected chi connectivity index (χ0v) is 19.8. The van der Waals surface area contributed by atoms with E-state index in [0.717, 1.165) is 55.3 Å². The van der Waals surface area contributed by atoms with Gasteiger partial charge in [0.15, 0.2) is 5.82 Å². The number of hydrogen-bond donors (Lipinski definition) is 2. The Bertz CT molecular complexity index is 1070. The molecule has 1 aromatic carbocycles. The molecule has 1 aliphatic heterocycles. The van der Waals surface area contributed by atoms with Crippen LogP contribution >= 0.6 is 23.2 Å². The first-order valence-corrected chi connectivity index (χ1v) is 11.8. The van der Waals surface area contributed by atoms with Crippen LogP contribution in [0.1, 0.15) is 43.1 Å². The number of aromatic amines is 1. The largest absolute Gasteiger partial charge is 0.323 e. The summed E-state index contributed by atoms with van der Waals surface area (Å²) in [4.78, 5) is 7.13. The van der Waals surface area contributed by atoms with E-state index in [1.54, 1.807) is 6.07 Å². The van der Waals surface area contributed by atoms with Crippen LogP contribution in [0.5, 0.6) is 0 Å². The van der Waals surface area contributed by atoms with Crippen LogP contribution in [0.15, 0.2) is 36.4 Å². The third-order valence-corrected chi connectivity index (χ3v) is 6.82. The second kappa shape index (κ2) is 10.2. The second-order valence-electron chi connectivity index (χ2n) is 8.53. The van der Waals surface area contributed by atoms with E-state index in [2.05, 4.69) is 27.3 Å². The van der Waals surface area contributed by atoms with Crippen LogP contribution < -0.4 is 5.32 Å². The van der Waals surface area contributed by atoms with Crippen LogP contribution in [0.4, 0.5) is 16.0 Å². The van der Waals surface area contributed by atoms with Crippen molar-refractivity contribution >= 4 is 34.8 Å². The number of hydrogen-bond acceptors (Lipinski definition) is 4. The number of rotatable bonds is 7. The summed E-state index contributed by atoms with van der Waals surface area (Å²) in [6.45, 7) is 5.64.